The number of nitrogens with zero attached hydrogens (tertiary/aromatic N) is 2. The van der Waals surface area contributed by atoms with E-state index in [9.17, 15) is 9.59 Å². The quantitative estimate of drug-likeness (QED) is 0.461. The summed E-state index contributed by atoms with van der Waals surface area (Å²) in [5.74, 6) is 0.641. The third-order valence-electron chi connectivity index (χ3n) is 4.76. The Kier molecular flexibility index (Phi) is 7.08. The predicted octanol–water partition coefficient (Wildman–Crippen LogP) is 3.18. The lowest BCUT2D eigenvalue weighted by molar-refractivity contribution is -0.122. The van der Waals surface area contributed by atoms with Crippen LogP contribution < -0.4 is 5.32 Å². The Morgan fingerprint density at radius 3 is 2.66 bits per heavy atom. The summed E-state index contributed by atoms with van der Waals surface area (Å²) in [5, 5.41) is 2.77. The number of amides is 1. The first-order valence-electron chi connectivity index (χ1n) is 9.65. The predicted molar refractivity (Wildman–Crippen MR) is 109 cm³/mol. The Morgan fingerprint density at radius 1 is 1.21 bits per heavy atom. The number of carbonyl (C=O) groups is 2. The molecule has 7 nitrogen and oxygen atoms in total. The summed E-state index contributed by atoms with van der Waals surface area (Å²) in [6.45, 7) is 4.62. The number of pyridine rings is 1. The fourth-order valence-electron chi connectivity index (χ4n) is 3.25. The van der Waals surface area contributed by atoms with Gasteiger partial charge in [-0.1, -0.05) is 6.07 Å². The topological polar surface area (TPSA) is 93.8 Å². The van der Waals surface area contributed by atoms with Crippen LogP contribution in [0.15, 0.2) is 57.9 Å². The summed E-state index contributed by atoms with van der Waals surface area (Å²) in [4.78, 5) is 33.8. The number of amidine groups is 1. The summed E-state index contributed by atoms with van der Waals surface area (Å²) in [6, 6.07) is 7.12. The standard InChI is InChI=1S/C22H25N3O4/c1-15(22(27)18-7-11-28-12-8-18)21(19-6-4-10-29-19)25-16(2)24-20(26)13-17-5-3-9-23-14-17/h3-6,9-10,14,18H,7-8,11-13H2,1-2H3,(H,24,25,26)/b21-15+. The van der Waals surface area contributed by atoms with E-state index >= 15 is 0 Å². The smallest absolute Gasteiger partial charge is 0.229 e. The molecule has 0 saturated carbocycles. The van der Waals surface area contributed by atoms with Crippen molar-refractivity contribution in [1.29, 1.82) is 0 Å². The Hall–Kier alpha value is -3.06. The lowest BCUT2D eigenvalue weighted by Crippen LogP contribution is -2.30. The van der Waals surface area contributed by atoms with Gasteiger partial charge in [0.1, 0.15) is 11.5 Å². The molecule has 1 aliphatic heterocycles. The molecule has 3 heterocycles. The molecule has 2 aromatic heterocycles. The number of aromatic nitrogens is 1. The van der Waals surface area contributed by atoms with Crippen LogP contribution in [0.1, 0.15) is 38.0 Å². The van der Waals surface area contributed by atoms with Crippen molar-refractivity contribution in [3.8, 4) is 0 Å². The number of rotatable bonds is 6. The molecular weight excluding hydrogens is 370 g/mol. The van der Waals surface area contributed by atoms with Gasteiger partial charge in [0.05, 0.1) is 12.7 Å². The average Bonchev–Trinajstić information content (AvgIpc) is 3.27. The molecule has 0 spiro atoms. The van der Waals surface area contributed by atoms with Crippen molar-refractivity contribution in [3.05, 3.63) is 59.8 Å². The van der Waals surface area contributed by atoms with E-state index in [0.29, 0.717) is 48.9 Å². The highest BCUT2D eigenvalue weighted by molar-refractivity contribution is 6.05. The zero-order chi connectivity index (χ0) is 20.6. The molecule has 152 valence electrons. The number of carbonyl (C=O) groups excluding carboxylic acids is 2. The van der Waals surface area contributed by atoms with Gasteiger partial charge in [-0.2, -0.15) is 0 Å². The normalized spacial score (nSPS) is 16.3. The lowest BCUT2D eigenvalue weighted by Gasteiger charge is -2.21. The first-order chi connectivity index (χ1) is 14.0. The van der Waals surface area contributed by atoms with Gasteiger partial charge in [-0.15, -0.1) is 0 Å². The molecule has 3 rings (SSSR count). The van der Waals surface area contributed by atoms with Gasteiger partial charge in [0.25, 0.3) is 0 Å². The van der Waals surface area contributed by atoms with Gasteiger partial charge in [-0.25, -0.2) is 4.99 Å². The first kappa shape index (κ1) is 20.7. The van der Waals surface area contributed by atoms with Gasteiger partial charge < -0.3 is 14.5 Å². The third-order valence-corrected chi connectivity index (χ3v) is 4.76. The molecule has 1 amide bonds. The molecular formula is C22H25N3O4. The zero-order valence-electron chi connectivity index (χ0n) is 16.7. The number of aliphatic imine (C=N–C) groups is 1. The number of furan rings is 1. The molecule has 1 fully saturated rings. The maximum absolute atomic E-state index is 13.0. The summed E-state index contributed by atoms with van der Waals surface area (Å²) >= 11 is 0. The number of ketones is 1. The number of Topliss-reactive ketones (excluding diaryl/α,β-unsaturated/α-hetero) is 1. The fraction of sp³-hybridized carbons (Fsp3) is 0.364. The number of ether oxygens (including phenoxy) is 1. The van der Waals surface area contributed by atoms with E-state index in [1.807, 2.05) is 6.07 Å². The van der Waals surface area contributed by atoms with Gasteiger partial charge in [0, 0.05) is 37.1 Å². The van der Waals surface area contributed by atoms with Crippen molar-refractivity contribution in [2.75, 3.05) is 13.2 Å². The minimum Gasteiger partial charge on any atom is -0.463 e. The molecule has 2 aromatic rings. The number of hydrogen-bond donors (Lipinski definition) is 1. The maximum Gasteiger partial charge on any atom is 0.229 e. The monoisotopic (exact) mass is 395 g/mol. The van der Waals surface area contributed by atoms with E-state index in [1.165, 1.54) is 6.26 Å². The van der Waals surface area contributed by atoms with Crippen LogP contribution in [0.25, 0.3) is 5.70 Å². The van der Waals surface area contributed by atoms with Crippen molar-refractivity contribution in [2.45, 2.75) is 33.1 Å². The SMILES string of the molecule is CC(=N/C(=C(\C)C(=O)C1CCOCC1)c1ccco1)NC(=O)Cc1cccnc1. The third kappa shape index (κ3) is 5.71. The Labute approximate surface area is 169 Å². The minimum atomic E-state index is -0.202. The molecule has 0 aromatic carbocycles. The lowest BCUT2D eigenvalue weighted by atomic mass is 9.90. The van der Waals surface area contributed by atoms with Crippen LogP contribution in [0.2, 0.25) is 0 Å². The number of nitrogens with one attached hydrogen (secondary N) is 1. The minimum absolute atomic E-state index is 0.0398. The van der Waals surface area contributed by atoms with Crippen LogP contribution in [0.3, 0.4) is 0 Å². The second-order valence-electron chi connectivity index (χ2n) is 6.99. The van der Waals surface area contributed by atoms with Crippen LogP contribution in [0.4, 0.5) is 0 Å². The summed E-state index contributed by atoms with van der Waals surface area (Å²) in [5.41, 5.74) is 1.77. The maximum atomic E-state index is 13.0. The van der Waals surface area contributed by atoms with E-state index in [4.69, 9.17) is 9.15 Å². The van der Waals surface area contributed by atoms with Crippen LogP contribution in [-0.4, -0.2) is 35.7 Å². The van der Waals surface area contributed by atoms with Crippen LogP contribution in [-0.2, 0) is 20.7 Å². The number of allylic oxidation sites excluding steroid dienone is 1. The van der Waals surface area contributed by atoms with Gasteiger partial charge in [-0.3, -0.25) is 14.6 Å². The largest absolute Gasteiger partial charge is 0.463 e. The molecule has 0 bridgehead atoms. The Bertz CT molecular complexity index is 895. The van der Waals surface area contributed by atoms with Crippen LogP contribution in [0, 0.1) is 5.92 Å². The molecule has 1 aliphatic rings. The van der Waals surface area contributed by atoms with E-state index in [-0.39, 0.29) is 24.0 Å². The van der Waals surface area contributed by atoms with Gasteiger partial charge in [-0.05, 0) is 50.5 Å². The Morgan fingerprint density at radius 2 is 2.00 bits per heavy atom. The highest BCUT2D eigenvalue weighted by Gasteiger charge is 2.25. The van der Waals surface area contributed by atoms with Crippen molar-refractivity contribution in [3.63, 3.8) is 0 Å². The highest BCUT2D eigenvalue weighted by Crippen LogP contribution is 2.26. The van der Waals surface area contributed by atoms with E-state index in [2.05, 4.69) is 15.3 Å². The molecule has 7 heteroatoms. The second-order valence-corrected chi connectivity index (χ2v) is 6.99. The molecule has 0 aliphatic carbocycles. The summed E-state index contributed by atoms with van der Waals surface area (Å²) < 4.78 is 10.8. The van der Waals surface area contributed by atoms with E-state index < -0.39 is 0 Å². The van der Waals surface area contributed by atoms with Crippen LogP contribution >= 0.6 is 0 Å². The van der Waals surface area contributed by atoms with Gasteiger partial charge >= 0.3 is 0 Å². The van der Waals surface area contributed by atoms with Gasteiger partial charge in [0.15, 0.2) is 11.5 Å². The van der Waals surface area contributed by atoms with Crippen LogP contribution in [0.5, 0.6) is 0 Å². The highest BCUT2D eigenvalue weighted by atomic mass is 16.5. The fourth-order valence-corrected chi connectivity index (χ4v) is 3.25. The van der Waals surface area contributed by atoms with E-state index in [1.54, 1.807) is 44.4 Å². The summed E-state index contributed by atoms with van der Waals surface area (Å²) in [6.07, 6.45) is 6.44. The molecule has 29 heavy (non-hydrogen) atoms. The molecule has 0 radical (unpaired) electrons. The first-order valence-corrected chi connectivity index (χ1v) is 9.65. The molecule has 0 atom stereocenters. The molecule has 1 N–H and O–H groups in total. The zero-order valence-corrected chi connectivity index (χ0v) is 16.7. The Balaban J connectivity index is 1.79. The molecule has 1 saturated heterocycles. The summed E-state index contributed by atoms with van der Waals surface area (Å²) in [7, 11) is 0. The second kappa shape index (κ2) is 9.93. The molecule has 0 unspecified atom stereocenters. The van der Waals surface area contributed by atoms with Gasteiger partial charge in [0.2, 0.25) is 5.91 Å². The van der Waals surface area contributed by atoms with Crippen molar-refractivity contribution in [2.24, 2.45) is 10.9 Å². The van der Waals surface area contributed by atoms with Crippen molar-refractivity contribution >= 4 is 23.2 Å². The number of hydrogen-bond acceptors (Lipinski definition) is 6. The van der Waals surface area contributed by atoms with Crippen molar-refractivity contribution in [1.82, 2.24) is 10.3 Å². The average molecular weight is 395 g/mol. The van der Waals surface area contributed by atoms with Crippen molar-refractivity contribution < 1.29 is 18.7 Å². The van der Waals surface area contributed by atoms with E-state index in [0.717, 1.165) is 5.56 Å².